The Balaban J connectivity index is 1.51. The number of para-hydroxylation sites is 1. The molecular weight excluding hydrogens is 424 g/mol. The van der Waals surface area contributed by atoms with Gasteiger partial charge in [-0.05, 0) is 55.8 Å². The molecule has 0 spiro atoms. The lowest BCUT2D eigenvalue weighted by atomic mass is 10.1. The standard InChI is InChI=1S/C24H22N4O3S/c1-15-21-17(14-19(20-10-7-13-32-20)26-23(21)31-27-15)22(29)25-18-9-4-3-8-16(18)24(30)28-11-5-2-6-12-28/h3-4,7-10,13-14H,2,5-6,11-12H2,1H3,(H,25,29). The number of nitrogens with zero attached hydrogens (tertiary/aromatic N) is 3. The van der Waals surface area contributed by atoms with Crippen LogP contribution in [0.3, 0.4) is 0 Å². The number of anilines is 1. The number of amides is 2. The van der Waals surface area contributed by atoms with E-state index in [0.717, 1.165) is 37.2 Å². The molecule has 1 aliphatic rings. The van der Waals surface area contributed by atoms with E-state index in [0.29, 0.717) is 39.3 Å². The summed E-state index contributed by atoms with van der Waals surface area (Å²) < 4.78 is 5.37. The fourth-order valence-corrected chi connectivity index (χ4v) is 4.75. The monoisotopic (exact) mass is 446 g/mol. The molecule has 32 heavy (non-hydrogen) atoms. The molecule has 1 saturated heterocycles. The zero-order valence-corrected chi connectivity index (χ0v) is 18.4. The number of thiophene rings is 1. The largest absolute Gasteiger partial charge is 0.339 e. The highest BCUT2D eigenvalue weighted by molar-refractivity contribution is 7.13. The molecule has 0 unspecified atom stereocenters. The lowest BCUT2D eigenvalue weighted by Gasteiger charge is -2.27. The van der Waals surface area contributed by atoms with Gasteiger partial charge in [-0.15, -0.1) is 11.3 Å². The lowest BCUT2D eigenvalue weighted by molar-refractivity contribution is 0.0725. The second kappa shape index (κ2) is 8.55. The number of piperidine rings is 1. The van der Waals surface area contributed by atoms with Gasteiger partial charge in [0.05, 0.1) is 38.5 Å². The molecule has 4 heterocycles. The first-order valence-corrected chi connectivity index (χ1v) is 11.5. The highest BCUT2D eigenvalue weighted by atomic mass is 32.1. The summed E-state index contributed by atoms with van der Waals surface area (Å²) >= 11 is 1.53. The zero-order chi connectivity index (χ0) is 22.1. The van der Waals surface area contributed by atoms with E-state index in [2.05, 4.69) is 15.5 Å². The molecule has 0 saturated carbocycles. The minimum atomic E-state index is -0.333. The Morgan fingerprint density at radius 2 is 1.88 bits per heavy atom. The van der Waals surface area contributed by atoms with Gasteiger partial charge in [0.1, 0.15) is 0 Å². The van der Waals surface area contributed by atoms with E-state index in [-0.39, 0.29) is 11.8 Å². The van der Waals surface area contributed by atoms with Gasteiger partial charge in [0.2, 0.25) is 0 Å². The van der Waals surface area contributed by atoms with Gasteiger partial charge in [-0.25, -0.2) is 4.98 Å². The number of rotatable bonds is 4. The summed E-state index contributed by atoms with van der Waals surface area (Å²) in [5.74, 6) is -0.388. The van der Waals surface area contributed by atoms with Crippen molar-refractivity contribution in [2.24, 2.45) is 0 Å². The number of carbonyl (C=O) groups excluding carboxylic acids is 2. The molecule has 4 aromatic rings. The van der Waals surface area contributed by atoms with Gasteiger partial charge < -0.3 is 14.7 Å². The molecule has 7 nitrogen and oxygen atoms in total. The average molecular weight is 447 g/mol. The topological polar surface area (TPSA) is 88.3 Å². The maximum atomic E-state index is 13.4. The number of nitrogens with one attached hydrogen (secondary N) is 1. The van der Waals surface area contributed by atoms with E-state index in [1.165, 1.54) is 11.3 Å². The number of carbonyl (C=O) groups is 2. The molecule has 162 valence electrons. The van der Waals surface area contributed by atoms with Crippen molar-refractivity contribution in [1.82, 2.24) is 15.0 Å². The van der Waals surface area contributed by atoms with E-state index >= 15 is 0 Å². The van der Waals surface area contributed by atoms with Crippen LogP contribution in [0.1, 0.15) is 45.7 Å². The first-order chi connectivity index (χ1) is 15.6. The predicted octanol–water partition coefficient (Wildman–Crippen LogP) is 5.14. The van der Waals surface area contributed by atoms with Crippen LogP contribution in [0.15, 0.2) is 52.4 Å². The fourth-order valence-electron chi connectivity index (χ4n) is 4.06. The Morgan fingerprint density at radius 3 is 2.66 bits per heavy atom. The number of hydrogen-bond acceptors (Lipinski definition) is 6. The van der Waals surface area contributed by atoms with Crippen LogP contribution in [0.5, 0.6) is 0 Å². The molecule has 0 atom stereocenters. The molecule has 0 aliphatic carbocycles. The smallest absolute Gasteiger partial charge is 0.259 e. The maximum absolute atomic E-state index is 13.4. The number of aromatic nitrogens is 2. The van der Waals surface area contributed by atoms with Crippen LogP contribution in [0.2, 0.25) is 0 Å². The summed E-state index contributed by atoms with van der Waals surface area (Å²) in [4.78, 5) is 33.9. The average Bonchev–Trinajstić information content (AvgIpc) is 3.49. The van der Waals surface area contributed by atoms with Crippen molar-refractivity contribution in [1.29, 1.82) is 0 Å². The van der Waals surface area contributed by atoms with Crippen molar-refractivity contribution in [3.05, 3.63) is 64.7 Å². The van der Waals surface area contributed by atoms with Gasteiger partial charge in [-0.1, -0.05) is 23.4 Å². The summed E-state index contributed by atoms with van der Waals surface area (Å²) in [6, 6.07) is 12.8. The molecule has 8 heteroatoms. The zero-order valence-electron chi connectivity index (χ0n) is 17.6. The van der Waals surface area contributed by atoms with Crippen LogP contribution >= 0.6 is 11.3 Å². The number of hydrogen-bond donors (Lipinski definition) is 1. The number of fused-ring (bicyclic) bond motifs is 1. The predicted molar refractivity (Wildman–Crippen MR) is 124 cm³/mol. The number of likely N-dealkylation sites (tertiary alicyclic amines) is 1. The first-order valence-electron chi connectivity index (χ1n) is 10.6. The van der Waals surface area contributed by atoms with Gasteiger partial charge in [-0.3, -0.25) is 9.59 Å². The molecular formula is C24H22N4O3S. The first kappa shape index (κ1) is 20.4. The van der Waals surface area contributed by atoms with E-state index < -0.39 is 0 Å². The Bertz CT molecular complexity index is 1290. The van der Waals surface area contributed by atoms with Crippen molar-refractivity contribution in [3.8, 4) is 10.6 Å². The molecule has 0 bridgehead atoms. The highest BCUT2D eigenvalue weighted by Gasteiger charge is 2.24. The van der Waals surface area contributed by atoms with Gasteiger partial charge in [0.15, 0.2) is 0 Å². The minimum Gasteiger partial charge on any atom is -0.339 e. The van der Waals surface area contributed by atoms with Crippen molar-refractivity contribution in [3.63, 3.8) is 0 Å². The molecule has 2 amide bonds. The molecule has 1 N–H and O–H groups in total. The van der Waals surface area contributed by atoms with Crippen LogP contribution in [0.4, 0.5) is 5.69 Å². The van der Waals surface area contributed by atoms with Gasteiger partial charge >= 0.3 is 0 Å². The second-order valence-corrected chi connectivity index (χ2v) is 8.78. The lowest BCUT2D eigenvalue weighted by Crippen LogP contribution is -2.36. The number of aryl methyl sites for hydroxylation is 1. The Morgan fingerprint density at radius 1 is 1.06 bits per heavy atom. The van der Waals surface area contributed by atoms with Gasteiger partial charge in [-0.2, -0.15) is 0 Å². The third-order valence-electron chi connectivity index (χ3n) is 5.68. The Hall–Kier alpha value is -3.52. The SMILES string of the molecule is Cc1noc2nc(-c3cccs3)cc(C(=O)Nc3ccccc3C(=O)N3CCCCC3)c12. The molecule has 5 rings (SSSR count). The molecule has 3 aromatic heterocycles. The summed E-state index contributed by atoms with van der Waals surface area (Å²) in [6.45, 7) is 3.27. The Kier molecular flexibility index (Phi) is 5.45. The number of pyridine rings is 1. The van der Waals surface area contributed by atoms with Crippen LogP contribution in [-0.2, 0) is 0 Å². The van der Waals surface area contributed by atoms with Crippen LogP contribution in [0, 0.1) is 6.92 Å². The molecule has 1 aliphatic heterocycles. The molecule has 1 aromatic carbocycles. The van der Waals surface area contributed by atoms with E-state index in [1.807, 2.05) is 34.5 Å². The van der Waals surface area contributed by atoms with Gasteiger partial charge in [0, 0.05) is 13.1 Å². The van der Waals surface area contributed by atoms with Crippen LogP contribution in [-0.4, -0.2) is 39.9 Å². The van der Waals surface area contributed by atoms with Crippen molar-refractivity contribution < 1.29 is 14.1 Å². The summed E-state index contributed by atoms with van der Waals surface area (Å²) in [5.41, 5.74) is 2.95. The third kappa shape index (κ3) is 3.78. The summed E-state index contributed by atoms with van der Waals surface area (Å²) in [6.07, 6.45) is 3.16. The maximum Gasteiger partial charge on any atom is 0.259 e. The van der Waals surface area contributed by atoms with Crippen LogP contribution < -0.4 is 5.32 Å². The Labute approximate surface area is 189 Å². The van der Waals surface area contributed by atoms with Gasteiger partial charge in [0.25, 0.3) is 17.5 Å². The summed E-state index contributed by atoms with van der Waals surface area (Å²) in [5, 5.41) is 9.47. The molecule has 0 radical (unpaired) electrons. The van der Waals surface area contributed by atoms with Crippen LogP contribution in [0.25, 0.3) is 21.7 Å². The molecule has 1 fully saturated rings. The quantitative estimate of drug-likeness (QED) is 0.469. The van der Waals surface area contributed by atoms with Crippen molar-refractivity contribution in [2.75, 3.05) is 18.4 Å². The van der Waals surface area contributed by atoms with E-state index in [9.17, 15) is 9.59 Å². The minimum absolute atomic E-state index is 0.0547. The number of benzene rings is 1. The van der Waals surface area contributed by atoms with Crippen molar-refractivity contribution in [2.45, 2.75) is 26.2 Å². The second-order valence-electron chi connectivity index (χ2n) is 7.83. The summed E-state index contributed by atoms with van der Waals surface area (Å²) in [7, 11) is 0. The van der Waals surface area contributed by atoms with E-state index in [4.69, 9.17) is 4.52 Å². The fraction of sp³-hybridized carbons (Fsp3) is 0.250. The van der Waals surface area contributed by atoms with E-state index in [1.54, 1.807) is 25.1 Å². The normalized spacial score (nSPS) is 14.0. The van der Waals surface area contributed by atoms with Crippen molar-refractivity contribution >= 4 is 39.9 Å². The highest BCUT2D eigenvalue weighted by Crippen LogP contribution is 2.30. The third-order valence-corrected chi connectivity index (χ3v) is 6.58.